The number of anilines is 1. The van der Waals surface area contributed by atoms with Crippen molar-refractivity contribution in [1.29, 1.82) is 0 Å². The van der Waals surface area contributed by atoms with E-state index in [4.69, 9.17) is 5.73 Å². The number of fused-ring (bicyclic) bond motifs is 1. The molecule has 0 spiro atoms. The summed E-state index contributed by atoms with van der Waals surface area (Å²) in [5.41, 5.74) is 8.17. The minimum absolute atomic E-state index is 0.221. The van der Waals surface area contributed by atoms with Crippen molar-refractivity contribution in [2.75, 3.05) is 5.73 Å². The third-order valence-corrected chi connectivity index (χ3v) is 5.23. The van der Waals surface area contributed by atoms with Crippen LogP contribution in [0.5, 0.6) is 5.75 Å². The lowest BCUT2D eigenvalue weighted by Crippen LogP contribution is -2.40. The highest BCUT2D eigenvalue weighted by Crippen LogP contribution is 2.52. The van der Waals surface area contributed by atoms with Gasteiger partial charge in [-0.15, -0.1) is 0 Å². The van der Waals surface area contributed by atoms with Crippen LogP contribution in [0.4, 0.5) is 5.69 Å². The van der Waals surface area contributed by atoms with E-state index in [-0.39, 0.29) is 5.75 Å². The predicted octanol–water partition coefficient (Wildman–Crippen LogP) is 3.98. The van der Waals surface area contributed by atoms with Gasteiger partial charge >= 0.3 is 0 Å². The zero-order chi connectivity index (χ0) is 12.6. The largest absolute Gasteiger partial charge is 0.506 e. The molecule has 0 aliphatic heterocycles. The Labute approximate surface area is 109 Å². The number of benzene rings is 1. The number of nitrogen functional groups attached to an aromatic ring is 1. The number of hydrogen-bond donors (Lipinski definition) is 2. The van der Waals surface area contributed by atoms with Crippen LogP contribution in [0.25, 0.3) is 0 Å². The maximum absolute atomic E-state index is 9.61. The number of aromatic hydroxyl groups is 1. The van der Waals surface area contributed by atoms with Crippen LogP contribution in [0, 0.1) is 5.92 Å². The summed E-state index contributed by atoms with van der Waals surface area (Å²) >= 11 is 0. The molecule has 0 bridgehead atoms. The van der Waals surface area contributed by atoms with Gasteiger partial charge in [-0.25, -0.2) is 0 Å². The average molecular weight is 245 g/mol. The first-order valence-corrected chi connectivity index (χ1v) is 7.31. The second-order valence-electron chi connectivity index (χ2n) is 6.12. The molecule has 2 heteroatoms. The third kappa shape index (κ3) is 1.79. The van der Waals surface area contributed by atoms with Gasteiger partial charge in [-0.3, -0.25) is 0 Å². The summed E-state index contributed by atoms with van der Waals surface area (Å²) in [4.78, 5) is 0. The fourth-order valence-corrected chi connectivity index (χ4v) is 4.28. The molecule has 0 atom stereocenters. The lowest BCUT2D eigenvalue weighted by atomic mass is 9.56. The Morgan fingerprint density at radius 3 is 2.33 bits per heavy atom. The van der Waals surface area contributed by atoms with Crippen molar-refractivity contribution in [3.05, 3.63) is 23.8 Å². The van der Waals surface area contributed by atoms with Crippen molar-refractivity contribution in [1.82, 2.24) is 0 Å². The Bertz CT molecular complexity index is 429. The normalized spacial score (nSPS) is 31.9. The summed E-state index contributed by atoms with van der Waals surface area (Å²) in [7, 11) is 0. The molecule has 1 aromatic carbocycles. The molecule has 0 saturated heterocycles. The van der Waals surface area contributed by atoms with Gasteiger partial charge in [0, 0.05) is 0 Å². The first-order valence-electron chi connectivity index (χ1n) is 7.31. The molecule has 0 heterocycles. The fourth-order valence-electron chi connectivity index (χ4n) is 4.28. The van der Waals surface area contributed by atoms with Gasteiger partial charge in [-0.2, -0.15) is 0 Å². The lowest BCUT2D eigenvalue weighted by Gasteiger charge is -2.48. The van der Waals surface area contributed by atoms with E-state index in [0.29, 0.717) is 11.1 Å². The van der Waals surface area contributed by atoms with Gasteiger partial charge in [-0.05, 0) is 54.7 Å². The molecule has 2 nitrogen and oxygen atoms in total. The Morgan fingerprint density at radius 1 is 1.06 bits per heavy atom. The second kappa shape index (κ2) is 4.49. The van der Waals surface area contributed by atoms with Crippen molar-refractivity contribution in [3.8, 4) is 5.75 Å². The Morgan fingerprint density at radius 2 is 1.72 bits per heavy atom. The van der Waals surface area contributed by atoms with Crippen LogP contribution in [-0.4, -0.2) is 5.11 Å². The van der Waals surface area contributed by atoms with E-state index >= 15 is 0 Å². The minimum Gasteiger partial charge on any atom is -0.506 e. The maximum Gasteiger partial charge on any atom is 0.138 e. The van der Waals surface area contributed by atoms with E-state index in [1.165, 1.54) is 56.9 Å². The Balaban J connectivity index is 2.01. The van der Waals surface area contributed by atoms with Crippen LogP contribution in [0.15, 0.2) is 18.2 Å². The summed E-state index contributed by atoms with van der Waals surface area (Å²) in [6, 6.07) is 5.91. The number of nitrogens with two attached hydrogens (primary N) is 1. The molecule has 0 radical (unpaired) electrons. The van der Waals surface area contributed by atoms with Crippen molar-refractivity contribution in [3.63, 3.8) is 0 Å². The molecule has 0 amide bonds. The van der Waals surface area contributed by atoms with E-state index in [0.717, 1.165) is 5.92 Å². The first kappa shape index (κ1) is 11.9. The molecule has 98 valence electrons. The Kier molecular flexibility index (Phi) is 2.96. The molecule has 2 aliphatic carbocycles. The molecule has 18 heavy (non-hydrogen) atoms. The van der Waals surface area contributed by atoms with E-state index in [2.05, 4.69) is 6.07 Å². The Hall–Kier alpha value is -1.18. The van der Waals surface area contributed by atoms with E-state index in [9.17, 15) is 5.11 Å². The topological polar surface area (TPSA) is 46.2 Å². The van der Waals surface area contributed by atoms with Crippen LogP contribution < -0.4 is 5.73 Å². The van der Waals surface area contributed by atoms with E-state index < -0.39 is 0 Å². The van der Waals surface area contributed by atoms with Crippen molar-refractivity contribution in [2.45, 2.75) is 56.8 Å². The molecular formula is C16H23NO. The highest BCUT2D eigenvalue weighted by Gasteiger charge is 2.43. The van der Waals surface area contributed by atoms with Gasteiger partial charge in [-0.1, -0.05) is 31.7 Å². The van der Waals surface area contributed by atoms with Gasteiger partial charge < -0.3 is 10.8 Å². The van der Waals surface area contributed by atoms with Crippen molar-refractivity contribution >= 4 is 5.69 Å². The number of rotatable bonds is 1. The fraction of sp³-hybridized carbons (Fsp3) is 0.625. The zero-order valence-corrected chi connectivity index (χ0v) is 11.0. The smallest absolute Gasteiger partial charge is 0.138 e. The molecule has 1 aromatic rings. The van der Waals surface area contributed by atoms with Crippen LogP contribution in [0.1, 0.15) is 56.9 Å². The molecule has 3 rings (SSSR count). The monoisotopic (exact) mass is 245 g/mol. The third-order valence-electron chi connectivity index (χ3n) is 5.23. The standard InChI is InChI=1S/C16H23NO/c17-14-11-13(7-8-15(14)18)16-9-3-1-5-12(16)6-2-4-10-16/h7-8,11-12,18H,1-6,9-10,17H2. The van der Waals surface area contributed by atoms with Gasteiger partial charge in [0.2, 0.25) is 0 Å². The summed E-state index contributed by atoms with van der Waals surface area (Å²) in [5.74, 6) is 1.06. The average Bonchev–Trinajstić information content (AvgIpc) is 2.42. The van der Waals surface area contributed by atoms with E-state index in [1.54, 1.807) is 6.07 Å². The zero-order valence-electron chi connectivity index (χ0n) is 11.0. The van der Waals surface area contributed by atoms with Crippen molar-refractivity contribution < 1.29 is 5.11 Å². The molecular weight excluding hydrogens is 222 g/mol. The molecule has 2 saturated carbocycles. The summed E-state index contributed by atoms with van der Waals surface area (Å²) in [6.45, 7) is 0. The summed E-state index contributed by atoms with van der Waals surface area (Å²) in [5, 5.41) is 9.61. The van der Waals surface area contributed by atoms with Crippen molar-refractivity contribution in [2.24, 2.45) is 5.92 Å². The van der Waals surface area contributed by atoms with Crippen LogP contribution in [0.2, 0.25) is 0 Å². The van der Waals surface area contributed by atoms with Gasteiger partial charge in [0.15, 0.2) is 0 Å². The van der Waals surface area contributed by atoms with Crippen LogP contribution in [0.3, 0.4) is 0 Å². The molecule has 2 aliphatic rings. The van der Waals surface area contributed by atoms with E-state index in [1.807, 2.05) is 6.07 Å². The molecule has 0 aromatic heterocycles. The number of hydrogen-bond acceptors (Lipinski definition) is 2. The highest BCUT2D eigenvalue weighted by atomic mass is 16.3. The van der Waals surface area contributed by atoms with Crippen LogP contribution in [-0.2, 0) is 5.41 Å². The minimum atomic E-state index is 0.221. The highest BCUT2D eigenvalue weighted by molar-refractivity contribution is 5.55. The lowest BCUT2D eigenvalue weighted by molar-refractivity contribution is 0.124. The quantitative estimate of drug-likeness (QED) is 0.580. The maximum atomic E-state index is 9.61. The van der Waals surface area contributed by atoms with Crippen LogP contribution >= 0.6 is 0 Å². The summed E-state index contributed by atoms with van der Waals surface area (Å²) in [6.07, 6.45) is 10.8. The van der Waals surface area contributed by atoms with Gasteiger partial charge in [0.05, 0.1) is 5.69 Å². The predicted molar refractivity (Wildman–Crippen MR) is 74.6 cm³/mol. The first-order chi connectivity index (χ1) is 8.72. The number of phenols is 1. The van der Waals surface area contributed by atoms with Gasteiger partial charge in [0.25, 0.3) is 0 Å². The SMILES string of the molecule is Nc1cc(C23CCCCC2CCCC3)ccc1O. The molecule has 0 unspecified atom stereocenters. The molecule has 2 fully saturated rings. The molecule has 3 N–H and O–H groups in total. The van der Waals surface area contributed by atoms with Gasteiger partial charge in [0.1, 0.15) is 5.75 Å². The summed E-state index contributed by atoms with van der Waals surface area (Å²) < 4.78 is 0. The number of phenolic OH excluding ortho intramolecular Hbond substituents is 1. The second-order valence-corrected chi connectivity index (χ2v) is 6.12.